The van der Waals surface area contributed by atoms with E-state index in [0.29, 0.717) is 18.1 Å². The van der Waals surface area contributed by atoms with Crippen molar-refractivity contribution in [3.63, 3.8) is 0 Å². The maximum atomic E-state index is 12.2. The van der Waals surface area contributed by atoms with Crippen LogP contribution in [0.1, 0.15) is 69.3 Å². The molecule has 1 saturated heterocycles. The van der Waals surface area contributed by atoms with E-state index in [4.69, 9.17) is 14.6 Å². The van der Waals surface area contributed by atoms with Crippen LogP contribution in [-0.4, -0.2) is 60.0 Å². The van der Waals surface area contributed by atoms with Crippen LogP contribution in [0.3, 0.4) is 0 Å². The normalized spacial score (nSPS) is 16.0. The van der Waals surface area contributed by atoms with Gasteiger partial charge in [0.25, 0.3) is 5.91 Å². The van der Waals surface area contributed by atoms with Crippen LogP contribution in [0.4, 0.5) is 4.79 Å². The van der Waals surface area contributed by atoms with E-state index in [1.54, 1.807) is 17.9 Å². The quantitative estimate of drug-likeness (QED) is 0.606. The SMILES string of the molecule is Cc1cc(OCCCC2CCN(C(=O)OC(C)(C)C)CC2)ccc1C(=O)N[C@H](C)CO. The van der Waals surface area contributed by atoms with Crippen molar-refractivity contribution in [2.75, 3.05) is 26.3 Å². The van der Waals surface area contributed by atoms with E-state index in [0.717, 1.165) is 50.1 Å². The van der Waals surface area contributed by atoms with Crippen molar-refractivity contribution in [2.45, 2.75) is 71.9 Å². The smallest absolute Gasteiger partial charge is 0.410 e. The number of carbonyl (C=O) groups excluding carboxylic acids is 2. The number of carbonyl (C=O) groups is 2. The molecule has 2 amide bonds. The summed E-state index contributed by atoms with van der Waals surface area (Å²) in [6.07, 6.45) is 3.79. The minimum atomic E-state index is -0.455. The fourth-order valence-corrected chi connectivity index (χ4v) is 3.62. The Morgan fingerprint density at radius 1 is 1.26 bits per heavy atom. The highest BCUT2D eigenvalue weighted by Crippen LogP contribution is 2.24. The predicted octanol–water partition coefficient (Wildman–Crippen LogP) is 3.91. The van der Waals surface area contributed by atoms with E-state index < -0.39 is 5.60 Å². The zero-order chi connectivity index (χ0) is 23.0. The number of aliphatic hydroxyl groups is 1. The number of nitrogens with zero attached hydrogens (tertiary/aromatic N) is 1. The highest BCUT2D eigenvalue weighted by molar-refractivity contribution is 5.95. The lowest BCUT2D eigenvalue weighted by atomic mass is 9.92. The molecule has 1 fully saturated rings. The molecule has 1 aliphatic rings. The van der Waals surface area contributed by atoms with Crippen LogP contribution in [0.5, 0.6) is 5.75 Å². The first-order chi connectivity index (χ1) is 14.6. The maximum absolute atomic E-state index is 12.2. The minimum absolute atomic E-state index is 0.0913. The number of aryl methyl sites for hydroxylation is 1. The standard InChI is InChI=1S/C24H38N2O5/c1-17-15-20(8-9-21(17)22(28)25-18(2)16-27)30-14-6-7-19-10-12-26(13-11-19)23(29)31-24(3,4)5/h8-9,15,18-19,27H,6-7,10-14,16H2,1-5H3,(H,25,28)/t18-/m1/s1. The van der Waals surface area contributed by atoms with Gasteiger partial charge in [-0.2, -0.15) is 0 Å². The third-order valence-electron chi connectivity index (χ3n) is 5.39. The first kappa shape index (κ1) is 25.0. The van der Waals surface area contributed by atoms with E-state index in [-0.39, 0.29) is 24.6 Å². The largest absolute Gasteiger partial charge is 0.494 e. The van der Waals surface area contributed by atoms with E-state index in [2.05, 4.69) is 5.32 Å². The summed E-state index contributed by atoms with van der Waals surface area (Å²) in [6.45, 7) is 11.3. The van der Waals surface area contributed by atoms with Crippen molar-refractivity contribution >= 4 is 12.0 Å². The molecule has 1 aliphatic heterocycles. The Morgan fingerprint density at radius 3 is 2.52 bits per heavy atom. The van der Waals surface area contributed by atoms with Gasteiger partial charge in [0, 0.05) is 24.7 Å². The summed E-state index contributed by atoms with van der Waals surface area (Å²) < 4.78 is 11.3. The van der Waals surface area contributed by atoms with Gasteiger partial charge in [-0.3, -0.25) is 4.79 Å². The summed E-state index contributed by atoms with van der Waals surface area (Å²) in [4.78, 5) is 26.2. The third-order valence-corrected chi connectivity index (χ3v) is 5.39. The molecule has 0 spiro atoms. The zero-order valence-electron chi connectivity index (χ0n) is 19.6. The highest BCUT2D eigenvalue weighted by atomic mass is 16.6. The second-order valence-corrected chi connectivity index (χ2v) is 9.44. The molecule has 0 aliphatic carbocycles. The predicted molar refractivity (Wildman–Crippen MR) is 120 cm³/mol. The molecule has 2 N–H and O–H groups in total. The molecule has 1 aromatic rings. The summed E-state index contributed by atoms with van der Waals surface area (Å²) in [5.74, 6) is 1.16. The Hall–Kier alpha value is -2.28. The number of nitrogens with one attached hydrogen (secondary N) is 1. The van der Waals surface area contributed by atoms with Gasteiger partial charge in [0.15, 0.2) is 0 Å². The molecular formula is C24H38N2O5. The van der Waals surface area contributed by atoms with Crippen LogP contribution in [0.2, 0.25) is 0 Å². The summed E-state index contributed by atoms with van der Waals surface area (Å²) >= 11 is 0. The number of aliphatic hydroxyl groups excluding tert-OH is 1. The number of hydrogen-bond acceptors (Lipinski definition) is 5. The van der Waals surface area contributed by atoms with Gasteiger partial charge in [0.05, 0.1) is 13.2 Å². The molecule has 31 heavy (non-hydrogen) atoms. The molecule has 1 aromatic carbocycles. The molecule has 174 valence electrons. The zero-order valence-corrected chi connectivity index (χ0v) is 19.6. The van der Waals surface area contributed by atoms with Crippen molar-refractivity contribution < 1.29 is 24.2 Å². The number of hydrogen-bond donors (Lipinski definition) is 2. The summed E-state index contributed by atoms with van der Waals surface area (Å²) in [5, 5.41) is 11.8. The highest BCUT2D eigenvalue weighted by Gasteiger charge is 2.26. The van der Waals surface area contributed by atoms with E-state index in [9.17, 15) is 9.59 Å². The van der Waals surface area contributed by atoms with Crippen molar-refractivity contribution in [1.82, 2.24) is 10.2 Å². The van der Waals surface area contributed by atoms with Gasteiger partial charge in [0.1, 0.15) is 11.4 Å². The molecule has 7 nitrogen and oxygen atoms in total. The number of rotatable bonds is 8. The van der Waals surface area contributed by atoms with Crippen molar-refractivity contribution in [3.8, 4) is 5.75 Å². The van der Waals surface area contributed by atoms with Gasteiger partial charge in [0.2, 0.25) is 0 Å². The van der Waals surface area contributed by atoms with Crippen LogP contribution >= 0.6 is 0 Å². The van der Waals surface area contributed by atoms with Crippen LogP contribution in [0.25, 0.3) is 0 Å². The Balaban J connectivity index is 1.70. The number of ether oxygens (including phenoxy) is 2. The van der Waals surface area contributed by atoms with Crippen LogP contribution in [-0.2, 0) is 4.74 Å². The summed E-state index contributed by atoms with van der Waals surface area (Å²) in [6, 6.07) is 5.16. The fourth-order valence-electron chi connectivity index (χ4n) is 3.62. The average molecular weight is 435 g/mol. The minimum Gasteiger partial charge on any atom is -0.494 e. The number of likely N-dealkylation sites (tertiary alicyclic amines) is 1. The Labute approximate surface area is 186 Å². The lowest BCUT2D eigenvalue weighted by Gasteiger charge is -2.33. The summed E-state index contributed by atoms with van der Waals surface area (Å²) in [5.41, 5.74) is 0.975. The van der Waals surface area contributed by atoms with Gasteiger partial charge in [-0.15, -0.1) is 0 Å². The van der Waals surface area contributed by atoms with Crippen LogP contribution < -0.4 is 10.1 Å². The lowest BCUT2D eigenvalue weighted by molar-refractivity contribution is 0.0179. The lowest BCUT2D eigenvalue weighted by Crippen LogP contribution is -2.41. The average Bonchev–Trinajstić information content (AvgIpc) is 2.70. The number of benzene rings is 1. The second kappa shape index (κ2) is 11.4. The second-order valence-electron chi connectivity index (χ2n) is 9.44. The molecule has 0 bridgehead atoms. The van der Waals surface area contributed by atoms with E-state index >= 15 is 0 Å². The molecule has 0 radical (unpaired) electrons. The van der Waals surface area contributed by atoms with Crippen molar-refractivity contribution in [1.29, 1.82) is 0 Å². The van der Waals surface area contributed by atoms with Gasteiger partial charge in [-0.05, 0) is 90.0 Å². The molecule has 0 unspecified atom stereocenters. The molecule has 1 atom stereocenters. The van der Waals surface area contributed by atoms with E-state index in [1.165, 1.54) is 0 Å². The monoisotopic (exact) mass is 434 g/mol. The van der Waals surface area contributed by atoms with Crippen LogP contribution in [0.15, 0.2) is 18.2 Å². The van der Waals surface area contributed by atoms with E-state index in [1.807, 2.05) is 39.8 Å². The first-order valence-electron chi connectivity index (χ1n) is 11.2. The van der Waals surface area contributed by atoms with Crippen molar-refractivity contribution in [2.24, 2.45) is 5.92 Å². The molecule has 7 heteroatoms. The molecule has 0 saturated carbocycles. The van der Waals surface area contributed by atoms with Gasteiger partial charge in [-0.25, -0.2) is 4.79 Å². The molecule has 2 rings (SSSR count). The fraction of sp³-hybridized carbons (Fsp3) is 0.667. The van der Waals surface area contributed by atoms with Gasteiger partial charge >= 0.3 is 6.09 Å². The van der Waals surface area contributed by atoms with Crippen LogP contribution in [0, 0.1) is 12.8 Å². The van der Waals surface area contributed by atoms with Gasteiger partial charge in [-0.1, -0.05) is 0 Å². The number of piperidine rings is 1. The Kier molecular flexibility index (Phi) is 9.16. The molecular weight excluding hydrogens is 396 g/mol. The Bertz CT molecular complexity index is 736. The van der Waals surface area contributed by atoms with Crippen molar-refractivity contribution in [3.05, 3.63) is 29.3 Å². The molecule has 0 aromatic heterocycles. The molecule has 1 heterocycles. The van der Waals surface area contributed by atoms with Gasteiger partial charge < -0.3 is 24.8 Å². The number of amides is 2. The summed E-state index contributed by atoms with van der Waals surface area (Å²) in [7, 11) is 0. The Morgan fingerprint density at radius 2 is 1.94 bits per heavy atom. The topological polar surface area (TPSA) is 88.1 Å². The first-order valence-corrected chi connectivity index (χ1v) is 11.2. The maximum Gasteiger partial charge on any atom is 0.410 e. The third kappa shape index (κ3) is 8.40.